The molecule has 1 aromatic heterocycles. The van der Waals surface area contributed by atoms with Crippen LogP contribution in [0, 0.1) is 12.7 Å². The van der Waals surface area contributed by atoms with Crippen molar-refractivity contribution < 1.29 is 14.0 Å². The fourth-order valence-electron chi connectivity index (χ4n) is 3.48. The van der Waals surface area contributed by atoms with Crippen LogP contribution < -0.4 is 0 Å². The Kier molecular flexibility index (Phi) is 6.15. The zero-order valence-electron chi connectivity index (χ0n) is 14.7. The van der Waals surface area contributed by atoms with Gasteiger partial charge in [-0.2, -0.15) is 4.98 Å². The largest absolute Gasteiger partial charge is 0.396 e. The molecule has 0 aliphatic carbocycles. The molecule has 1 saturated heterocycles. The zero-order chi connectivity index (χ0) is 17.6. The number of aliphatic hydroxyl groups excluding tert-OH is 1. The van der Waals surface area contributed by atoms with E-state index >= 15 is 0 Å². The minimum atomic E-state index is -0.258. The number of aryl methyl sites for hydroxylation is 2. The lowest BCUT2D eigenvalue weighted by Gasteiger charge is -2.23. The van der Waals surface area contributed by atoms with Crippen LogP contribution in [0.2, 0.25) is 0 Å². The highest BCUT2D eigenvalue weighted by molar-refractivity contribution is 5.54. The van der Waals surface area contributed by atoms with Crippen LogP contribution in [-0.4, -0.2) is 45.9 Å². The first-order valence-electron chi connectivity index (χ1n) is 9.11. The van der Waals surface area contributed by atoms with Crippen LogP contribution in [0.1, 0.15) is 43.6 Å². The Balaban J connectivity index is 1.51. The van der Waals surface area contributed by atoms with Crippen LogP contribution in [0.25, 0.3) is 11.4 Å². The minimum Gasteiger partial charge on any atom is -0.396 e. The molecule has 1 aromatic carbocycles. The summed E-state index contributed by atoms with van der Waals surface area (Å²) in [5.74, 6) is 0.782. The molecule has 0 bridgehead atoms. The van der Waals surface area contributed by atoms with E-state index in [1.54, 1.807) is 13.0 Å². The predicted molar refractivity (Wildman–Crippen MR) is 93.7 cm³/mol. The number of benzene rings is 1. The highest BCUT2D eigenvalue weighted by Crippen LogP contribution is 2.22. The fourth-order valence-corrected chi connectivity index (χ4v) is 3.48. The Bertz CT molecular complexity index is 689. The molecule has 3 rings (SSSR count). The second-order valence-corrected chi connectivity index (χ2v) is 6.78. The van der Waals surface area contributed by atoms with Crippen LogP contribution in [0.15, 0.2) is 22.7 Å². The first kappa shape index (κ1) is 18.0. The summed E-state index contributed by atoms with van der Waals surface area (Å²) in [6, 6.07) is 5.57. The number of halogens is 1. The van der Waals surface area contributed by atoms with Gasteiger partial charge in [-0.25, -0.2) is 4.39 Å². The second kappa shape index (κ2) is 8.54. The van der Waals surface area contributed by atoms with E-state index in [-0.39, 0.29) is 12.4 Å². The van der Waals surface area contributed by atoms with E-state index in [1.807, 2.05) is 6.07 Å². The number of nitrogens with zero attached hydrogens (tertiary/aromatic N) is 3. The topological polar surface area (TPSA) is 62.4 Å². The Labute approximate surface area is 147 Å². The van der Waals surface area contributed by atoms with E-state index in [2.05, 4.69) is 15.0 Å². The number of aliphatic hydroxyl groups is 1. The molecule has 6 heteroatoms. The molecule has 136 valence electrons. The quantitative estimate of drug-likeness (QED) is 0.793. The van der Waals surface area contributed by atoms with Crippen LogP contribution >= 0.6 is 0 Å². The molecule has 1 aliphatic heterocycles. The smallest absolute Gasteiger partial charge is 0.227 e. The first-order valence-corrected chi connectivity index (χ1v) is 9.11. The molecule has 1 N–H and O–H groups in total. The summed E-state index contributed by atoms with van der Waals surface area (Å²) < 4.78 is 19.0. The average molecular weight is 347 g/mol. The summed E-state index contributed by atoms with van der Waals surface area (Å²) in [7, 11) is 0. The van der Waals surface area contributed by atoms with Crippen molar-refractivity contribution in [1.82, 2.24) is 15.0 Å². The van der Waals surface area contributed by atoms with Crippen molar-refractivity contribution in [1.29, 1.82) is 0 Å². The second-order valence-electron chi connectivity index (χ2n) is 6.78. The highest BCUT2D eigenvalue weighted by Gasteiger charge is 2.23. The molecule has 25 heavy (non-hydrogen) atoms. The zero-order valence-corrected chi connectivity index (χ0v) is 14.7. The molecule has 1 aliphatic rings. The van der Waals surface area contributed by atoms with Crippen molar-refractivity contribution in [3.63, 3.8) is 0 Å². The summed E-state index contributed by atoms with van der Waals surface area (Å²) in [5, 5.41) is 13.0. The lowest BCUT2D eigenvalue weighted by atomic mass is 10.1. The Morgan fingerprint density at radius 1 is 1.36 bits per heavy atom. The van der Waals surface area contributed by atoms with Crippen molar-refractivity contribution in [3.8, 4) is 11.4 Å². The van der Waals surface area contributed by atoms with Gasteiger partial charge in [0.25, 0.3) is 0 Å². The first-order chi connectivity index (χ1) is 12.2. The molecule has 0 spiro atoms. The maximum atomic E-state index is 13.7. The molecule has 2 heterocycles. The van der Waals surface area contributed by atoms with Crippen molar-refractivity contribution in [2.45, 2.75) is 51.5 Å². The predicted octanol–water partition coefficient (Wildman–Crippen LogP) is 3.35. The van der Waals surface area contributed by atoms with Gasteiger partial charge in [0.05, 0.1) is 0 Å². The van der Waals surface area contributed by atoms with E-state index in [4.69, 9.17) is 9.63 Å². The van der Waals surface area contributed by atoms with Gasteiger partial charge in [0.2, 0.25) is 11.7 Å². The Hall–Kier alpha value is -1.79. The molecule has 0 amide bonds. The molecule has 0 unspecified atom stereocenters. The summed E-state index contributed by atoms with van der Waals surface area (Å²) in [4.78, 5) is 6.89. The molecule has 2 aromatic rings. The maximum Gasteiger partial charge on any atom is 0.227 e. The van der Waals surface area contributed by atoms with Crippen LogP contribution in [0.4, 0.5) is 4.39 Å². The monoisotopic (exact) mass is 347 g/mol. The van der Waals surface area contributed by atoms with Gasteiger partial charge in [0, 0.05) is 24.6 Å². The van der Waals surface area contributed by atoms with Gasteiger partial charge in [0.15, 0.2) is 0 Å². The van der Waals surface area contributed by atoms with Crippen LogP contribution in [0.5, 0.6) is 0 Å². The summed E-state index contributed by atoms with van der Waals surface area (Å²) in [5.41, 5.74) is 1.25. The molecule has 0 radical (unpaired) electrons. The van der Waals surface area contributed by atoms with E-state index in [0.29, 0.717) is 28.9 Å². The number of likely N-dealkylation sites (tertiary alicyclic amines) is 1. The van der Waals surface area contributed by atoms with Gasteiger partial charge < -0.3 is 14.5 Å². The van der Waals surface area contributed by atoms with Gasteiger partial charge in [-0.1, -0.05) is 17.3 Å². The SMILES string of the molecule is Cc1ccc(-c2noc(CCCN3CCC[C@@H]3CCCO)n2)cc1F. The Morgan fingerprint density at radius 3 is 3.04 bits per heavy atom. The van der Waals surface area contributed by atoms with Crippen LogP contribution in [0.3, 0.4) is 0 Å². The van der Waals surface area contributed by atoms with Gasteiger partial charge in [-0.3, -0.25) is 0 Å². The van der Waals surface area contributed by atoms with Gasteiger partial charge in [-0.05, 0) is 63.7 Å². The standard InChI is InChI=1S/C19H26FN3O2/c1-14-8-9-15(13-17(14)20)19-21-18(25-22-19)7-3-11-23-10-2-5-16(23)6-4-12-24/h8-9,13,16,24H,2-7,10-12H2,1H3/t16-/m1/s1. The Morgan fingerprint density at radius 2 is 2.24 bits per heavy atom. The van der Waals surface area contributed by atoms with Crippen molar-refractivity contribution in [2.75, 3.05) is 19.7 Å². The van der Waals surface area contributed by atoms with Gasteiger partial charge >= 0.3 is 0 Å². The van der Waals surface area contributed by atoms with Crippen LogP contribution in [-0.2, 0) is 6.42 Å². The molecule has 0 saturated carbocycles. The molecular formula is C19H26FN3O2. The fraction of sp³-hybridized carbons (Fsp3) is 0.579. The number of rotatable bonds is 8. The van der Waals surface area contributed by atoms with E-state index in [9.17, 15) is 4.39 Å². The lowest BCUT2D eigenvalue weighted by Crippen LogP contribution is -2.30. The minimum absolute atomic E-state index is 0.258. The molecule has 5 nitrogen and oxygen atoms in total. The maximum absolute atomic E-state index is 13.7. The van der Waals surface area contributed by atoms with Gasteiger partial charge in [0.1, 0.15) is 5.82 Å². The number of hydrogen-bond donors (Lipinski definition) is 1. The average Bonchev–Trinajstić information content (AvgIpc) is 3.25. The number of aromatic nitrogens is 2. The normalized spacial score (nSPS) is 18.1. The van der Waals surface area contributed by atoms with Crippen molar-refractivity contribution in [2.24, 2.45) is 0 Å². The summed E-state index contributed by atoms with van der Waals surface area (Å²) in [6.45, 7) is 4.14. The molecular weight excluding hydrogens is 321 g/mol. The summed E-state index contributed by atoms with van der Waals surface area (Å²) >= 11 is 0. The third-order valence-corrected chi connectivity index (χ3v) is 4.93. The molecule has 1 fully saturated rings. The lowest BCUT2D eigenvalue weighted by molar-refractivity contribution is 0.212. The van der Waals surface area contributed by atoms with Crippen molar-refractivity contribution in [3.05, 3.63) is 35.5 Å². The summed E-state index contributed by atoms with van der Waals surface area (Å²) in [6.07, 6.45) is 6.09. The molecule has 1 atom stereocenters. The third-order valence-electron chi connectivity index (χ3n) is 4.93. The van der Waals surface area contributed by atoms with E-state index < -0.39 is 0 Å². The van der Waals surface area contributed by atoms with Gasteiger partial charge in [-0.15, -0.1) is 0 Å². The number of hydrogen-bond acceptors (Lipinski definition) is 5. The highest BCUT2D eigenvalue weighted by atomic mass is 19.1. The van der Waals surface area contributed by atoms with Crippen molar-refractivity contribution >= 4 is 0 Å². The van der Waals surface area contributed by atoms with E-state index in [0.717, 1.165) is 38.8 Å². The third kappa shape index (κ3) is 4.64. The van der Waals surface area contributed by atoms with E-state index in [1.165, 1.54) is 18.9 Å².